The van der Waals surface area contributed by atoms with Crippen molar-refractivity contribution in [2.24, 2.45) is 0 Å². The lowest BCUT2D eigenvalue weighted by Gasteiger charge is -2.19. The normalized spacial score (nSPS) is 21.8. The number of Topliss-reactive ketones (excluding diaryl/α,β-unsaturated/α-hetero) is 1. The van der Waals surface area contributed by atoms with Crippen molar-refractivity contribution in [1.82, 2.24) is 0 Å². The van der Waals surface area contributed by atoms with E-state index in [0.717, 1.165) is 18.2 Å². The molecule has 6 nitrogen and oxygen atoms in total. The van der Waals surface area contributed by atoms with Crippen LogP contribution >= 0.6 is 0 Å². The van der Waals surface area contributed by atoms with Crippen LogP contribution in [0.1, 0.15) is 23.2 Å². The van der Waals surface area contributed by atoms with E-state index < -0.39 is 25.3 Å². The Morgan fingerprint density at radius 2 is 1.84 bits per heavy atom. The highest BCUT2D eigenvalue weighted by Crippen LogP contribution is 2.47. The van der Waals surface area contributed by atoms with Crippen LogP contribution in [0.3, 0.4) is 0 Å². The molecule has 0 amide bonds. The van der Waals surface area contributed by atoms with Crippen molar-refractivity contribution in [2.75, 3.05) is 0 Å². The molecule has 0 fully saturated rings. The van der Waals surface area contributed by atoms with Crippen molar-refractivity contribution in [3.63, 3.8) is 0 Å². The number of nitrogens with zero attached hydrogens (tertiary/aromatic N) is 1. The van der Waals surface area contributed by atoms with E-state index in [2.05, 4.69) is 0 Å². The van der Waals surface area contributed by atoms with Gasteiger partial charge in [0, 0.05) is 17.7 Å². The molecular formula is C12H9NO5S. The van der Waals surface area contributed by atoms with Crippen LogP contribution in [0, 0.1) is 10.1 Å². The molecule has 98 valence electrons. The molecule has 0 saturated carbocycles. The summed E-state index contributed by atoms with van der Waals surface area (Å²) in [5.41, 5.74) is -0.330. The minimum Gasteiger partial charge on any atom is -0.292 e. The summed E-state index contributed by atoms with van der Waals surface area (Å²) in [7, 11) is -3.77. The fourth-order valence-electron chi connectivity index (χ4n) is 2.66. The van der Waals surface area contributed by atoms with E-state index in [9.17, 15) is 23.3 Å². The second kappa shape index (κ2) is 3.51. The van der Waals surface area contributed by atoms with E-state index in [0.29, 0.717) is 0 Å². The molecule has 2 aliphatic rings. The molecule has 0 atom stereocenters. The SMILES string of the molecule is O=C1c2cc([N+](=O)[O-])ccc2S(=O)(=O)C12CC=CC2. The highest BCUT2D eigenvalue weighted by molar-refractivity contribution is 7.94. The third kappa shape index (κ3) is 1.30. The second-order valence-corrected chi connectivity index (χ2v) is 6.87. The zero-order valence-electron chi connectivity index (χ0n) is 9.70. The molecule has 7 heteroatoms. The third-order valence-electron chi connectivity index (χ3n) is 3.70. The molecule has 1 aliphatic heterocycles. The molecule has 19 heavy (non-hydrogen) atoms. The van der Waals surface area contributed by atoms with Crippen molar-refractivity contribution < 1.29 is 18.1 Å². The van der Waals surface area contributed by atoms with E-state index in [1.807, 2.05) is 0 Å². The van der Waals surface area contributed by atoms with Crippen LogP contribution in [-0.4, -0.2) is 23.9 Å². The summed E-state index contributed by atoms with van der Waals surface area (Å²) in [6, 6.07) is 3.33. The molecule has 1 aliphatic carbocycles. The number of fused-ring (bicyclic) bond motifs is 1. The average Bonchev–Trinajstić information content (AvgIpc) is 2.92. The number of hydrogen-bond acceptors (Lipinski definition) is 5. The summed E-state index contributed by atoms with van der Waals surface area (Å²) in [6.45, 7) is 0. The number of allylic oxidation sites excluding steroid dienone is 2. The van der Waals surface area contributed by atoms with Gasteiger partial charge in [-0.15, -0.1) is 0 Å². The third-order valence-corrected chi connectivity index (χ3v) is 6.18. The molecule has 0 bridgehead atoms. The Balaban J connectivity index is 2.27. The Labute approximate surface area is 108 Å². The van der Waals surface area contributed by atoms with Gasteiger partial charge in [-0.2, -0.15) is 0 Å². The summed E-state index contributed by atoms with van der Waals surface area (Å²) >= 11 is 0. The van der Waals surface area contributed by atoms with E-state index >= 15 is 0 Å². The fraction of sp³-hybridized carbons (Fsp3) is 0.250. The molecular weight excluding hydrogens is 270 g/mol. The Morgan fingerprint density at radius 3 is 2.42 bits per heavy atom. The zero-order chi connectivity index (χ0) is 13.8. The van der Waals surface area contributed by atoms with Gasteiger partial charge in [0.25, 0.3) is 5.69 Å². The molecule has 0 aromatic heterocycles. The molecule has 1 aromatic rings. The van der Waals surface area contributed by atoms with Crippen LogP contribution < -0.4 is 0 Å². The van der Waals surface area contributed by atoms with Gasteiger partial charge in [0.15, 0.2) is 15.6 Å². The number of nitro groups is 1. The largest absolute Gasteiger partial charge is 0.292 e. The van der Waals surface area contributed by atoms with Crippen LogP contribution in [0.15, 0.2) is 35.2 Å². The van der Waals surface area contributed by atoms with Crippen LogP contribution in [0.5, 0.6) is 0 Å². The summed E-state index contributed by atoms with van der Waals surface area (Å²) in [5.74, 6) is -0.531. The maximum atomic E-state index is 12.5. The van der Waals surface area contributed by atoms with Gasteiger partial charge >= 0.3 is 0 Å². The van der Waals surface area contributed by atoms with Gasteiger partial charge in [0.2, 0.25) is 0 Å². The number of carbonyl (C=O) groups is 1. The zero-order valence-corrected chi connectivity index (χ0v) is 10.5. The van der Waals surface area contributed by atoms with Crippen molar-refractivity contribution in [3.05, 3.63) is 46.0 Å². The van der Waals surface area contributed by atoms with Gasteiger partial charge in [-0.1, -0.05) is 12.2 Å². The predicted molar refractivity (Wildman–Crippen MR) is 65.7 cm³/mol. The first-order valence-electron chi connectivity index (χ1n) is 5.63. The van der Waals surface area contributed by atoms with Crippen LogP contribution in [0.25, 0.3) is 0 Å². The van der Waals surface area contributed by atoms with Gasteiger partial charge in [-0.3, -0.25) is 14.9 Å². The van der Waals surface area contributed by atoms with Crippen molar-refractivity contribution in [1.29, 1.82) is 0 Å². The molecule has 0 unspecified atom stereocenters. The van der Waals surface area contributed by atoms with Crippen LogP contribution in [-0.2, 0) is 9.84 Å². The monoisotopic (exact) mass is 279 g/mol. The van der Waals surface area contributed by atoms with E-state index in [1.165, 1.54) is 0 Å². The number of carbonyl (C=O) groups excluding carboxylic acids is 1. The lowest BCUT2D eigenvalue weighted by Crippen LogP contribution is -2.38. The van der Waals surface area contributed by atoms with Gasteiger partial charge in [0.05, 0.1) is 9.82 Å². The first-order chi connectivity index (χ1) is 8.90. The Bertz CT molecular complexity index is 739. The summed E-state index contributed by atoms with van der Waals surface area (Å²) in [4.78, 5) is 22.4. The van der Waals surface area contributed by atoms with E-state index in [-0.39, 0.29) is 29.0 Å². The summed E-state index contributed by atoms with van der Waals surface area (Å²) in [5, 5.41) is 10.7. The van der Waals surface area contributed by atoms with Gasteiger partial charge < -0.3 is 0 Å². The quantitative estimate of drug-likeness (QED) is 0.442. The van der Waals surface area contributed by atoms with Gasteiger partial charge in [0.1, 0.15) is 4.75 Å². The number of benzene rings is 1. The highest BCUT2D eigenvalue weighted by Gasteiger charge is 2.58. The average molecular weight is 279 g/mol. The second-order valence-electron chi connectivity index (χ2n) is 4.64. The number of sulfone groups is 1. The predicted octanol–water partition coefficient (Wildman–Crippen LogP) is 1.65. The van der Waals surface area contributed by atoms with E-state index in [1.54, 1.807) is 12.2 Å². The van der Waals surface area contributed by atoms with Crippen LogP contribution in [0.2, 0.25) is 0 Å². The lowest BCUT2D eigenvalue weighted by atomic mass is 9.95. The Hall–Kier alpha value is -2.02. The number of ketones is 1. The summed E-state index contributed by atoms with van der Waals surface area (Å²) < 4.78 is 23.5. The van der Waals surface area contributed by atoms with Crippen molar-refractivity contribution in [3.8, 4) is 0 Å². The Kier molecular flexibility index (Phi) is 2.22. The van der Waals surface area contributed by atoms with Gasteiger partial charge in [-0.25, -0.2) is 8.42 Å². The molecule has 0 saturated heterocycles. The topological polar surface area (TPSA) is 94.3 Å². The molecule has 0 radical (unpaired) electrons. The maximum Gasteiger partial charge on any atom is 0.270 e. The van der Waals surface area contributed by atoms with Crippen LogP contribution in [0.4, 0.5) is 5.69 Å². The fourth-order valence-corrected chi connectivity index (χ4v) is 4.75. The molecule has 1 heterocycles. The standard InChI is InChI=1S/C12H9NO5S/c14-11-9-7-8(13(15)16)3-4-10(9)19(17,18)12(11)5-1-2-6-12/h1-4,7H,5-6H2. The Morgan fingerprint density at radius 1 is 1.21 bits per heavy atom. The number of rotatable bonds is 1. The van der Waals surface area contributed by atoms with E-state index in [4.69, 9.17) is 0 Å². The molecule has 3 rings (SSSR count). The number of nitro benzene ring substituents is 1. The molecule has 1 aromatic carbocycles. The van der Waals surface area contributed by atoms with Gasteiger partial charge in [-0.05, 0) is 18.9 Å². The smallest absolute Gasteiger partial charge is 0.270 e. The molecule has 0 N–H and O–H groups in total. The number of hydrogen-bond donors (Lipinski definition) is 0. The lowest BCUT2D eigenvalue weighted by molar-refractivity contribution is -0.384. The summed E-state index contributed by atoms with van der Waals surface area (Å²) in [6.07, 6.45) is 3.60. The minimum absolute atomic E-state index is 0.0575. The maximum absolute atomic E-state index is 12.5. The molecule has 1 spiro atoms. The van der Waals surface area contributed by atoms with Crippen molar-refractivity contribution >= 4 is 21.3 Å². The first-order valence-corrected chi connectivity index (χ1v) is 7.11. The number of non-ortho nitro benzene ring substituents is 1. The highest BCUT2D eigenvalue weighted by atomic mass is 32.2. The van der Waals surface area contributed by atoms with Crippen molar-refractivity contribution in [2.45, 2.75) is 22.5 Å². The first kappa shape index (κ1) is 12.0. The minimum atomic E-state index is -3.77.